The average Bonchev–Trinajstić information content (AvgIpc) is 2.86. The van der Waals surface area contributed by atoms with E-state index in [0.29, 0.717) is 28.1 Å². The van der Waals surface area contributed by atoms with Crippen molar-refractivity contribution in [3.8, 4) is 11.5 Å². The van der Waals surface area contributed by atoms with Gasteiger partial charge in [0.05, 0.1) is 28.4 Å². The van der Waals surface area contributed by atoms with Gasteiger partial charge in [-0.2, -0.15) is 5.10 Å². The van der Waals surface area contributed by atoms with Crippen molar-refractivity contribution in [3.05, 3.63) is 93.4 Å². The molecule has 1 amide bonds. The summed E-state index contributed by atoms with van der Waals surface area (Å²) in [6, 6.07) is 15.4. The number of hydrogen-bond acceptors (Lipinski definition) is 6. The van der Waals surface area contributed by atoms with E-state index in [1.54, 1.807) is 36.4 Å². The molecule has 3 aromatic rings. The molecule has 194 valence electrons. The molecule has 37 heavy (non-hydrogen) atoms. The van der Waals surface area contributed by atoms with E-state index in [0.717, 1.165) is 4.31 Å². The minimum Gasteiger partial charge on any atom is -0.493 e. The van der Waals surface area contributed by atoms with Crippen LogP contribution in [-0.4, -0.2) is 40.8 Å². The third-order valence-corrected chi connectivity index (χ3v) is 7.57. The van der Waals surface area contributed by atoms with E-state index in [-0.39, 0.29) is 20.6 Å². The van der Waals surface area contributed by atoms with E-state index in [1.807, 2.05) is 0 Å². The molecular formula is C25H22BrCl2N3O5S. The van der Waals surface area contributed by atoms with Crippen LogP contribution in [0.25, 0.3) is 0 Å². The number of nitrogens with one attached hydrogen (secondary N) is 1. The number of benzene rings is 3. The van der Waals surface area contributed by atoms with Crippen LogP contribution in [0.4, 0.5) is 5.69 Å². The smallest absolute Gasteiger partial charge is 0.264 e. The largest absolute Gasteiger partial charge is 0.493 e. The highest BCUT2D eigenvalue weighted by Gasteiger charge is 2.27. The predicted octanol–water partition coefficient (Wildman–Crippen LogP) is 5.67. The van der Waals surface area contributed by atoms with Crippen molar-refractivity contribution >= 4 is 67.0 Å². The van der Waals surface area contributed by atoms with Crippen molar-refractivity contribution in [2.75, 3.05) is 24.6 Å². The molecule has 0 aliphatic carbocycles. The number of halogens is 3. The van der Waals surface area contributed by atoms with Gasteiger partial charge in [-0.05, 0) is 64.0 Å². The third kappa shape index (κ3) is 7.48. The Morgan fingerprint density at radius 2 is 1.81 bits per heavy atom. The molecule has 0 aromatic heterocycles. The number of ether oxygens (including phenoxy) is 2. The van der Waals surface area contributed by atoms with E-state index in [4.69, 9.17) is 32.7 Å². The summed E-state index contributed by atoms with van der Waals surface area (Å²) < 4.78 is 39.2. The van der Waals surface area contributed by atoms with Gasteiger partial charge < -0.3 is 9.47 Å². The number of amides is 1. The van der Waals surface area contributed by atoms with Gasteiger partial charge in [-0.25, -0.2) is 13.8 Å². The molecule has 0 aliphatic heterocycles. The molecule has 0 aliphatic rings. The van der Waals surface area contributed by atoms with Crippen molar-refractivity contribution in [1.82, 2.24) is 5.43 Å². The zero-order valence-corrected chi connectivity index (χ0v) is 23.4. The number of hydrazone groups is 1. The summed E-state index contributed by atoms with van der Waals surface area (Å²) >= 11 is 15.6. The van der Waals surface area contributed by atoms with Gasteiger partial charge in [-0.1, -0.05) is 54.1 Å². The average molecular weight is 627 g/mol. The van der Waals surface area contributed by atoms with Crippen LogP contribution in [0.3, 0.4) is 0 Å². The molecule has 3 aromatic carbocycles. The summed E-state index contributed by atoms with van der Waals surface area (Å²) in [7, 11) is -2.63. The molecule has 0 saturated heterocycles. The number of carbonyl (C=O) groups excluding carboxylic acids is 1. The Kier molecular flexibility index (Phi) is 9.99. The number of sulfonamides is 1. The number of hydrogen-bond donors (Lipinski definition) is 1. The van der Waals surface area contributed by atoms with Crippen molar-refractivity contribution < 1.29 is 22.7 Å². The number of nitrogens with zero attached hydrogens (tertiary/aromatic N) is 2. The Labute approximate surface area is 233 Å². The fourth-order valence-electron chi connectivity index (χ4n) is 3.16. The quantitative estimate of drug-likeness (QED) is 0.168. The summed E-state index contributed by atoms with van der Waals surface area (Å²) in [6.45, 7) is 3.33. The maximum atomic E-state index is 13.4. The van der Waals surface area contributed by atoms with Crippen molar-refractivity contribution in [3.63, 3.8) is 0 Å². The highest BCUT2D eigenvalue weighted by Crippen LogP contribution is 2.36. The first-order valence-electron chi connectivity index (χ1n) is 10.6. The van der Waals surface area contributed by atoms with Crippen molar-refractivity contribution in [1.29, 1.82) is 0 Å². The van der Waals surface area contributed by atoms with Gasteiger partial charge >= 0.3 is 0 Å². The Morgan fingerprint density at radius 1 is 1.14 bits per heavy atom. The normalized spacial score (nSPS) is 11.2. The molecule has 0 bridgehead atoms. The molecule has 0 spiro atoms. The fourth-order valence-corrected chi connectivity index (χ4v) is 5.67. The number of anilines is 1. The molecule has 0 atom stereocenters. The molecule has 3 rings (SSSR count). The van der Waals surface area contributed by atoms with Gasteiger partial charge in [0.1, 0.15) is 13.2 Å². The topological polar surface area (TPSA) is 97.3 Å². The second-order valence-corrected chi connectivity index (χ2v) is 11.0. The summed E-state index contributed by atoms with van der Waals surface area (Å²) in [5.41, 5.74) is 3.07. The minimum absolute atomic E-state index is 0.00175. The number of rotatable bonds is 11. The van der Waals surface area contributed by atoms with Gasteiger partial charge in [0.15, 0.2) is 11.5 Å². The summed E-state index contributed by atoms with van der Waals surface area (Å²) in [4.78, 5) is 12.8. The predicted molar refractivity (Wildman–Crippen MR) is 150 cm³/mol. The van der Waals surface area contributed by atoms with Crippen LogP contribution in [0.1, 0.15) is 5.56 Å². The standard InChI is InChI=1S/C25H22BrCl2N3O5S/c1-3-9-36-25-22(26)10-17(11-23(25)35-2)15-29-30-24(32)16-31(20-13-18(27)12-19(28)14-20)37(33,34)21-7-5-4-6-8-21/h3-8,10-15H,1,9,16H2,2H3,(H,30,32)/b29-15-. The minimum atomic E-state index is -4.13. The molecule has 1 N–H and O–H groups in total. The van der Waals surface area contributed by atoms with E-state index in [9.17, 15) is 13.2 Å². The lowest BCUT2D eigenvalue weighted by Gasteiger charge is -2.24. The van der Waals surface area contributed by atoms with Crippen LogP contribution in [0.15, 0.2) is 87.8 Å². The van der Waals surface area contributed by atoms with Gasteiger partial charge in [-0.15, -0.1) is 0 Å². The van der Waals surface area contributed by atoms with Crippen LogP contribution < -0.4 is 19.2 Å². The third-order valence-electron chi connectivity index (χ3n) is 4.75. The molecule has 0 heterocycles. The molecule has 0 radical (unpaired) electrons. The SMILES string of the molecule is C=CCOc1c(Br)cc(/C=N\NC(=O)CN(c2cc(Cl)cc(Cl)c2)S(=O)(=O)c2ccccc2)cc1OC. The number of methoxy groups -OCH3 is 1. The van der Waals surface area contributed by atoms with E-state index >= 15 is 0 Å². The van der Waals surface area contributed by atoms with E-state index in [2.05, 4.69) is 33.0 Å². The lowest BCUT2D eigenvalue weighted by molar-refractivity contribution is -0.119. The van der Waals surface area contributed by atoms with E-state index < -0.39 is 22.5 Å². The first-order valence-corrected chi connectivity index (χ1v) is 13.6. The lowest BCUT2D eigenvalue weighted by Crippen LogP contribution is -2.39. The molecule has 8 nitrogen and oxygen atoms in total. The van der Waals surface area contributed by atoms with Gasteiger partial charge in [0.25, 0.3) is 15.9 Å². The van der Waals surface area contributed by atoms with Crippen molar-refractivity contribution in [2.45, 2.75) is 4.90 Å². The van der Waals surface area contributed by atoms with Crippen LogP contribution in [0.5, 0.6) is 11.5 Å². The van der Waals surface area contributed by atoms with Gasteiger partial charge in [0, 0.05) is 10.0 Å². The zero-order chi connectivity index (χ0) is 27.0. The molecular weight excluding hydrogens is 605 g/mol. The van der Waals surface area contributed by atoms with Crippen molar-refractivity contribution in [2.24, 2.45) is 5.10 Å². The molecule has 12 heteroatoms. The van der Waals surface area contributed by atoms with Crippen LogP contribution in [-0.2, 0) is 14.8 Å². The first kappa shape index (κ1) is 28.5. The first-order chi connectivity index (χ1) is 17.6. The zero-order valence-electron chi connectivity index (χ0n) is 19.5. The molecule has 0 unspecified atom stereocenters. The highest BCUT2D eigenvalue weighted by atomic mass is 79.9. The second-order valence-electron chi connectivity index (χ2n) is 7.38. The lowest BCUT2D eigenvalue weighted by atomic mass is 10.2. The Bertz CT molecular complexity index is 1400. The van der Waals surface area contributed by atoms with Crippen LogP contribution in [0.2, 0.25) is 10.0 Å². The Morgan fingerprint density at radius 3 is 2.43 bits per heavy atom. The number of carbonyl (C=O) groups is 1. The Hall–Kier alpha value is -3.05. The van der Waals surface area contributed by atoms with Crippen LogP contribution in [0, 0.1) is 0 Å². The summed E-state index contributed by atoms with van der Waals surface area (Å²) in [6.07, 6.45) is 2.99. The maximum absolute atomic E-state index is 13.4. The van der Waals surface area contributed by atoms with Crippen LogP contribution >= 0.6 is 39.1 Å². The summed E-state index contributed by atoms with van der Waals surface area (Å²) in [5, 5.41) is 4.39. The molecule has 0 saturated carbocycles. The Balaban J connectivity index is 1.83. The molecule has 0 fully saturated rings. The monoisotopic (exact) mass is 625 g/mol. The highest BCUT2D eigenvalue weighted by molar-refractivity contribution is 9.10. The van der Waals surface area contributed by atoms with E-state index in [1.165, 1.54) is 43.7 Å². The summed E-state index contributed by atoms with van der Waals surface area (Å²) in [5.74, 6) is 0.247. The second kappa shape index (κ2) is 13.0. The maximum Gasteiger partial charge on any atom is 0.264 e. The van der Waals surface area contributed by atoms with Gasteiger partial charge in [0.2, 0.25) is 0 Å². The fraction of sp³-hybridized carbons (Fsp3) is 0.120. The van der Waals surface area contributed by atoms with Gasteiger partial charge in [-0.3, -0.25) is 9.10 Å².